The van der Waals surface area contributed by atoms with Gasteiger partial charge in [-0.05, 0) is 0 Å². The molecule has 0 heterocycles. The molecule has 0 aromatic carbocycles. The Morgan fingerprint density at radius 1 is 1.55 bits per heavy atom. The van der Waals surface area contributed by atoms with E-state index in [1.54, 1.807) is 6.08 Å². The standard InChI is InChI=1S/C7H11O.2ClH.Pd/c1-3-4-5-6-7(2)8;;;/h5-6H,2-4H2,1H3;2*1H;/q;;;+2/p-2. The van der Waals surface area contributed by atoms with Gasteiger partial charge in [0, 0.05) is 0 Å². The quantitative estimate of drug-likeness (QED) is 0.560. The van der Waals surface area contributed by atoms with Crippen LogP contribution in [0.3, 0.4) is 0 Å². The molecule has 0 aliphatic rings. The molecule has 0 unspecified atom stereocenters. The molecule has 0 aromatic rings. The van der Waals surface area contributed by atoms with Crippen LogP contribution in [-0.2, 0) is 19.5 Å². The second-order valence-corrected chi connectivity index (χ2v) is 7.72. The summed E-state index contributed by atoms with van der Waals surface area (Å²) in [6.45, 7) is 2.06. The number of hydrogen-bond acceptors (Lipinski definition) is 1. The summed E-state index contributed by atoms with van der Waals surface area (Å²) in [5, 5.41) is 0. The van der Waals surface area contributed by atoms with Gasteiger partial charge in [-0.15, -0.1) is 0 Å². The molecular weight excluding hydrogens is 277 g/mol. The van der Waals surface area contributed by atoms with Crippen LogP contribution in [0.15, 0.2) is 12.2 Å². The molecule has 0 radical (unpaired) electrons. The molecule has 69 valence electrons. The molecule has 0 N–H and O–H groups in total. The van der Waals surface area contributed by atoms with Gasteiger partial charge < -0.3 is 0 Å². The van der Waals surface area contributed by atoms with Gasteiger partial charge >= 0.3 is 81.2 Å². The summed E-state index contributed by atoms with van der Waals surface area (Å²) in [6.07, 6.45) is 5.44. The van der Waals surface area contributed by atoms with Crippen molar-refractivity contribution < 1.29 is 19.5 Å². The van der Waals surface area contributed by atoms with Crippen LogP contribution in [0.2, 0.25) is 4.89 Å². The molecule has 0 fully saturated rings. The number of carbonyl (C=O) groups excluding carboxylic acids is 1. The molecule has 0 saturated heterocycles. The molecule has 0 saturated carbocycles. The Bertz CT molecular complexity index is 145. The first-order valence-corrected chi connectivity index (χ1v) is 8.36. The summed E-state index contributed by atoms with van der Waals surface area (Å²) in [7, 11) is 11.0. The van der Waals surface area contributed by atoms with Crippen LogP contribution in [0.5, 0.6) is 0 Å². The van der Waals surface area contributed by atoms with Gasteiger partial charge in [-0.1, -0.05) is 0 Å². The van der Waals surface area contributed by atoms with Gasteiger partial charge in [0.05, 0.1) is 0 Å². The van der Waals surface area contributed by atoms with Crippen molar-refractivity contribution in [1.29, 1.82) is 0 Å². The monoisotopic (exact) mass is 287 g/mol. The molecule has 1 nitrogen and oxygen atoms in total. The predicted molar refractivity (Wildman–Crippen MR) is 45.6 cm³/mol. The van der Waals surface area contributed by atoms with Crippen molar-refractivity contribution in [3.05, 3.63) is 12.2 Å². The van der Waals surface area contributed by atoms with Crippen LogP contribution in [0.4, 0.5) is 0 Å². The third-order valence-corrected chi connectivity index (χ3v) is 2.91. The van der Waals surface area contributed by atoms with E-state index >= 15 is 0 Å². The average Bonchev–Trinajstić information content (AvgIpc) is 1.86. The fourth-order valence-corrected chi connectivity index (χ4v) is 2.08. The third kappa shape index (κ3) is 8.56. The van der Waals surface area contributed by atoms with E-state index < -0.39 is 14.7 Å². The van der Waals surface area contributed by atoms with Crippen LogP contribution in [-0.4, -0.2) is 5.78 Å². The van der Waals surface area contributed by atoms with Crippen molar-refractivity contribution in [3.63, 3.8) is 0 Å². The Morgan fingerprint density at radius 2 is 2.18 bits per heavy atom. The normalized spacial score (nSPS) is 12.1. The fraction of sp³-hybridized carbons (Fsp3) is 0.571. The minimum absolute atomic E-state index is 0.0458. The van der Waals surface area contributed by atoms with Gasteiger partial charge in [0.1, 0.15) is 0 Å². The maximum atomic E-state index is 10.9. The van der Waals surface area contributed by atoms with Crippen LogP contribution < -0.4 is 0 Å². The third-order valence-electron chi connectivity index (χ3n) is 0.954. The molecule has 0 aliphatic carbocycles. The van der Waals surface area contributed by atoms with Crippen molar-refractivity contribution in [2.24, 2.45) is 0 Å². The zero-order chi connectivity index (χ0) is 8.69. The Balaban J connectivity index is 3.51. The second-order valence-electron chi connectivity index (χ2n) is 1.98. The van der Waals surface area contributed by atoms with Gasteiger partial charge in [0.2, 0.25) is 0 Å². The van der Waals surface area contributed by atoms with Crippen molar-refractivity contribution in [3.8, 4) is 0 Å². The number of carbonyl (C=O) groups is 1. The van der Waals surface area contributed by atoms with Crippen LogP contribution >= 0.6 is 19.1 Å². The number of rotatable bonds is 5. The van der Waals surface area contributed by atoms with Crippen molar-refractivity contribution in [2.45, 2.75) is 24.7 Å². The molecule has 11 heavy (non-hydrogen) atoms. The molecule has 0 aliphatic heterocycles. The van der Waals surface area contributed by atoms with E-state index in [9.17, 15) is 4.79 Å². The maximum absolute atomic E-state index is 10.9. The number of unbranched alkanes of at least 4 members (excludes halogenated alkanes) is 1. The second kappa shape index (κ2) is 7.31. The average molecular weight is 288 g/mol. The molecule has 0 bridgehead atoms. The topological polar surface area (TPSA) is 17.1 Å². The molecule has 0 spiro atoms. The summed E-state index contributed by atoms with van der Waals surface area (Å²) in [4.78, 5) is 11.2. The number of hydrogen-bond donors (Lipinski definition) is 0. The SMILES string of the molecule is CCCC=CC(=O)[CH2][Pd]([Cl])[Cl]. The summed E-state index contributed by atoms with van der Waals surface area (Å²) >= 11 is -1.55. The van der Waals surface area contributed by atoms with Crippen LogP contribution in [0.1, 0.15) is 19.8 Å². The number of allylic oxidation sites excluding steroid dienone is 2. The van der Waals surface area contributed by atoms with E-state index in [-0.39, 0.29) is 5.78 Å². The molecule has 0 aromatic heterocycles. The van der Waals surface area contributed by atoms with Gasteiger partial charge in [-0.2, -0.15) is 0 Å². The molecule has 0 atom stereocenters. The molecule has 0 rings (SSSR count). The molecule has 0 amide bonds. The Morgan fingerprint density at radius 3 is 2.64 bits per heavy atom. The molecular formula is C7H11Cl2OPd. The van der Waals surface area contributed by atoms with E-state index in [0.717, 1.165) is 12.8 Å². The first kappa shape index (κ1) is 11.7. The number of ketones is 1. The van der Waals surface area contributed by atoms with E-state index in [4.69, 9.17) is 19.1 Å². The fourth-order valence-electron chi connectivity index (χ4n) is 0.502. The van der Waals surface area contributed by atoms with E-state index in [1.165, 1.54) is 0 Å². The minimum atomic E-state index is -1.55. The van der Waals surface area contributed by atoms with Crippen LogP contribution in [0.25, 0.3) is 0 Å². The Hall–Kier alpha value is 0.652. The van der Waals surface area contributed by atoms with Crippen molar-refractivity contribution >= 4 is 24.8 Å². The van der Waals surface area contributed by atoms with Gasteiger partial charge in [-0.3, -0.25) is 0 Å². The molecule has 4 heteroatoms. The van der Waals surface area contributed by atoms with Gasteiger partial charge in [0.25, 0.3) is 0 Å². The zero-order valence-corrected chi connectivity index (χ0v) is 9.32. The first-order valence-electron chi connectivity index (χ1n) is 3.26. The summed E-state index contributed by atoms with van der Waals surface area (Å²) < 4.78 is 0. The summed E-state index contributed by atoms with van der Waals surface area (Å²) in [5.41, 5.74) is 0. The van der Waals surface area contributed by atoms with Crippen LogP contribution in [0, 0.1) is 0 Å². The van der Waals surface area contributed by atoms with Gasteiger partial charge in [0.15, 0.2) is 0 Å². The van der Waals surface area contributed by atoms with E-state index in [0.29, 0.717) is 4.89 Å². The zero-order valence-electron chi connectivity index (χ0n) is 6.26. The van der Waals surface area contributed by atoms with Crippen molar-refractivity contribution in [2.75, 3.05) is 0 Å². The van der Waals surface area contributed by atoms with E-state index in [1.807, 2.05) is 6.08 Å². The van der Waals surface area contributed by atoms with E-state index in [2.05, 4.69) is 6.92 Å². The summed E-state index contributed by atoms with van der Waals surface area (Å²) in [5.74, 6) is 0.0458. The van der Waals surface area contributed by atoms with Crippen molar-refractivity contribution in [1.82, 2.24) is 0 Å². The predicted octanol–water partition coefficient (Wildman–Crippen LogP) is 3.26. The summed E-state index contributed by atoms with van der Waals surface area (Å²) in [6, 6.07) is 0. The van der Waals surface area contributed by atoms with Gasteiger partial charge in [-0.25, -0.2) is 0 Å². The first-order chi connectivity index (χ1) is 5.16. The Kier molecular flexibility index (Phi) is 7.74. The number of halogens is 2. The Labute approximate surface area is 81.0 Å².